The Bertz CT molecular complexity index is 791. The zero-order valence-corrected chi connectivity index (χ0v) is 18.5. The normalized spacial score (nSPS) is 12.4. The third kappa shape index (κ3) is 7.11. The molecule has 1 aromatic carbocycles. The van der Waals surface area contributed by atoms with Gasteiger partial charge in [0.1, 0.15) is 14.7 Å². The minimum absolute atomic E-state index is 0.0470. The largest absolute Gasteiger partial charge is 0.467 e. The summed E-state index contributed by atoms with van der Waals surface area (Å²) < 4.78 is 10.4. The second kappa shape index (κ2) is 10.6. The number of esters is 1. The average molecular weight is 400 g/mol. The molecule has 0 N–H and O–H groups in total. The first-order valence-electron chi connectivity index (χ1n) is 9.09. The highest BCUT2D eigenvalue weighted by atomic mass is 28.3. The second-order valence-electron chi connectivity index (χ2n) is 7.42. The summed E-state index contributed by atoms with van der Waals surface area (Å²) in [6.07, 6.45) is 2.51. The summed E-state index contributed by atoms with van der Waals surface area (Å²) in [6.45, 7) is 9.84. The average Bonchev–Trinajstić information content (AvgIpc) is 2.66. The van der Waals surface area contributed by atoms with Gasteiger partial charge in [-0.05, 0) is 31.6 Å². The Morgan fingerprint density at radius 2 is 1.86 bits per heavy atom. The number of nitrogens with zero attached hydrogens (tertiary/aromatic N) is 1. The molecule has 0 saturated heterocycles. The van der Waals surface area contributed by atoms with Gasteiger partial charge in [0.05, 0.1) is 13.7 Å². The lowest BCUT2D eigenvalue weighted by atomic mass is 10.00. The van der Waals surface area contributed by atoms with Gasteiger partial charge in [0.15, 0.2) is 5.54 Å². The molecule has 0 saturated carbocycles. The van der Waals surface area contributed by atoms with Crippen molar-refractivity contribution in [3.05, 3.63) is 53.8 Å². The van der Waals surface area contributed by atoms with E-state index in [0.29, 0.717) is 0 Å². The van der Waals surface area contributed by atoms with E-state index in [1.165, 1.54) is 18.1 Å². The molecular formula is C22H29NO4Si. The molecule has 0 aliphatic rings. The van der Waals surface area contributed by atoms with Gasteiger partial charge in [0.2, 0.25) is 0 Å². The number of hydrogen-bond donors (Lipinski definition) is 0. The molecule has 0 bridgehead atoms. The lowest BCUT2D eigenvalue weighted by Gasteiger charge is -2.34. The van der Waals surface area contributed by atoms with Gasteiger partial charge in [0, 0.05) is 0 Å². The Kier molecular flexibility index (Phi) is 8.78. The Hall–Kier alpha value is -2.74. The van der Waals surface area contributed by atoms with Crippen LogP contribution in [-0.2, 0) is 20.9 Å². The molecule has 0 aliphatic heterocycles. The minimum atomic E-state index is -1.64. The molecule has 150 valence electrons. The van der Waals surface area contributed by atoms with Gasteiger partial charge >= 0.3 is 12.1 Å². The van der Waals surface area contributed by atoms with Crippen molar-refractivity contribution in [2.45, 2.75) is 45.6 Å². The van der Waals surface area contributed by atoms with Crippen molar-refractivity contribution in [2.24, 2.45) is 0 Å². The van der Waals surface area contributed by atoms with E-state index in [2.05, 4.69) is 36.8 Å². The molecule has 1 atom stereocenters. The summed E-state index contributed by atoms with van der Waals surface area (Å²) in [4.78, 5) is 26.7. The molecule has 0 aliphatic carbocycles. The third-order valence-corrected chi connectivity index (χ3v) is 4.74. The quantitative estimate of drug-likeness (QED) is 0.312. The van der Waals surface area contributed by atoms with Gasteiger partial charge in [-0.2, -0.15) is 0 Å². The molecular weight excluding hydrogens is 370 g/mol. The SMILES string of the molecule is CC=C=CC(C)(C(=O)OC)N(CC#C[Si](C)(C)C)C(=O)OCc1ccccc1. The fourth-order valence-electron chi connectivity index (χ4n) is 2.30. The number of benzene rings is 1. The van der Waals surface area contributed by atoms with Crippen LogP contribution >= 0.6 is 0 Å². The molecule has 0 aromatic heterocycles. The topological polar surface area (TPSA) is 55.8 Å². The van der Waals surface area contributed by atoms with Crippen LogP contribution in [0.5, 0.6) is 0 Å². The molecule has 1 amide bonds. The Balaban J connectivity index is 3.20. The number of hydrogen-bond acceptors (Lipinski definition) is 4. The van der Waals surface area contributed by atoms with Crippen LogP contribution in [-0.4, -0.2) is 44.2 Å². The third-order valence-electron chi connectivity index (χ3n) is 3.82. The van der Waals surface area contributed by atoms with Crippen LogP contribution in [0.2, 0.25) is 19.6 Å². The van der Waals surface area contributed by atoms with Gasteiger partial charge in [-0.25, -0.2) is 9.59 Å². The van der Waals surface area contributed by atoms with Gasteiger partial charge in [-0.3, -0.25) is 4.90 Å². The van der Waals surface area contributed by atoms with Gasteiger partial charge < -0.3 is 9.47 Å². The molecule has 5 nitrogen and oxygen atoms in total. The zero-order chi connectivity index (χ0) is 21.2. The standard InChI is InChI=1S/C22H29NO4Si/c1-7-8-15-22(2,20(24)26-3)23(16-12-17-28(4,5)6)21(25)27-18-19-13-10-9-11-14-19/h7,9-11,13-15H,16,18H2,1-6H3. The summed E-state index contributed by atoms with van der Waals surface area (Å²) in [5, 5.41) is 0. The molecule has 28 heavy (non-hydrogen) atoms. The molecule has 0 fully saturated rings. The number of carbonyl (C=O) groups excluding carboxylic acids is 2. The minimum Gasteiger partial charge on any atom is -0.467 e. The van der Waals surface area contributed by atoms with Crippen molar-refractivity contribution in [3.8, 4) is 11.5 Å². The summed E-state index contributed by atoms with van der Waals surface area (Å²) in [5.74, 6) is 2.45. The highest BCUT2D eigenvalue weighted by Crippen LogP contribution is 2.20. The zero-order valence-electron chi connectivity index (χ0n) is 17.5. The first-order chi connectivity index (χ1) is 13.1. The van der Waals surface area contributed by atoms with Gasteiger partial charge in [0.25, 0.3) is 0 Å². The van der Waals surface area contributed by atoms with Gasteiger partial charge in [-0.1, -0.05) is 55.9 Å². The fraction of sp³-hybridized carbons (Fsp3) is 0.409. The molecule has 0 spiro atoms. The number of amides is 1. The maximum atomic E-state index is 12.9. The maximum Gasteiger partial charge on any atom is 0.412 e. The predicted molar refractivity (Wildman–Crippen MR) is 113 cm³/mol. The van der Waals surface area contributed by atoms with Crippen LogP contribution in [0, 0.1) is 11.5 Å². The van der Waals surface area contributed by atoms with Crippen LogP contribution < -0.4 is 0 Å². The van der Waals surface area contributed by atoms with E-state index in [-0.39, 0.29) is 13.2 Å². The van der Waals surface area contributed by atoms with Crippen LogP contribution in [0.15, 0.2) is 48.2 Å². The van der Waals surface area contributed by atoms with Crippen LogP contribution in [0.1, 0.15) is 19.4 Å². The number of ether oxygens (including phenoxy) is 2. The summed E-state index contributed by atoms with van der Waals surface area (Å²) in [6, 6.07) is 9.35. The Morgan fingerprint density at radius 1 is 1.21 bits per heavy atom. The van der Waals surface area contributed by atoms with Crippen LogP contribution in [0.4, 0.5) is 4.79 Å². The monoisotopic (exact) mass is 399 g/mol. The van der Waals surface area contributed by atoms with Crippen molar-refractivity contribution >= 4 is 20.1 Å². The molecule has 0 radical (unpaired) electrons. The maximum absolute atomic E-state index is 12.9. The smallest absolute Gasteiger partial charge is 0.412 e. The van der Waals surface area contributed by atoms with E-state index < -0.39 is 25.7 Å². The number of carbonyl (C=O) groups is 2. The molecule has 6 heteroatoms. The highest BCUT2D eigenvalue weighted by Gasteiger charge is 2.42. The highest BCUT2D eigenvalue weighted by molar-refractivity contribution is 6.83. The molecule has 1 unspecified atom stereocenters. The Morgan fingerprint density at radius 3 is 2.39 bits per heavy atom. The first kappa shape index (κ1) is 23.3. The fourth-order valence-corrected chi connectivity index (χ4v) is 2.91. The van der Waals surface area contributed by atoms with Crippen molar-refractivity contribution in [1.29, 1.82) is 0 Å². The number of methoxy groups -OCH3 is 1. The van der Waals surface area contributed by atoms with Crippen LogP contribution in [0.3, 0.4) is 0 Å². The summed E-state index contributed by atoms with van der Waals surface area (Å²) in [7, 11) is -0.355. The summed E-state index contributed by atoms with van der Waals surface area (Å²) >= 11 is 0. The molecule has 1 aromatic rings. The van der Waals surface area contributed by atoms with Crippen molar-refractivity contribution in [1.82, 2.24) is 4.90 Å². The number of rotatable bonds is 6. The van der Waals surface area contributed by atoms with Crippen LogP contribution in [0.25, 0.3) is 0 Å². The molecule has 0 heterocycles. The lowest BCUT2D eigenvalue weighted by Crippen LogP contribution is -2.54. The van der Waals surface area contributed by atoms with Crippen molar-refractivity contribution in [2.75, 3.05) is 13.7 Å². The lowest BCUT2D eigenvalue weighted by molar-refractivity contribution is -0.150. The van der Waals surface area contributed by atoms with E-state index in [1.807, 2.05) is 30.3 Å². The van der Waals surface area contributed by atoms with E-state index in [9.17, 15) is 9.59 Å². The molecule has 1 rings (SSSR count). The van der Waals surface area contributed by atoms with E-state index >= 15 is 0 Å². The Labute approximate surface area is 169 Å². The first-order valence-corrected chi connectivity index (χ1v) is 12.6. The van der Waals surface area contributed by atoms with Gasteiger partial charge in [-0.15, -0.1) is 11.3 Å². The van der Waals surface area contributed by atoms with Crippen molar-refractivity contribution in [3.63, 3.8) is 0 Å². The van der Waals surface area contributed by atoms with E-state index in [1.54, 1.807) is 19.9 Å². The predicted octanol–water partition coefficient (Wildman–Crippen LogP) is 4.17. The summed E-state index contributed by atoms with van der Waals surface area (Å²) in [5.41, 5.74) is 5.56. The van der Waals surface area contributed by atoms with E-state index in [0.717, 1.165) is 5.56 Å². The second-order valence-corrected chi connectivity index (χ2v) is 12.2. The van der Waals surface area contributed by atoms with Crippen molar-refractivity contribution < 1.29 is 19.1 Å². The van der Waals surface area contributed by atoms with E-state index in [4.69, 9.17) is 9.47 Å².